The van der Waals surface area contributed by atoms with Crippen LogP contribution >= 0.6 is 11.6 Å². The lowest BCUT2D eigenvalue weighted by atomic mass is 10.2. The van der Waals surface area contributed by atoms with Crippen molar-refractivity contribution in [1.82, 2.24) is 0 Å². The molecule has 1 N–H and O–H groups in total. The summed E-state index contributed by atoms with van der Waals surface area (Å²) < 4.78 is 15.5. The number of benzene rings is 1. The van der Waals surface area contributed by atoms with Crippen molar-refractivity contribution in [3.05, 3.63) is 41.3 Å². The number of ether oxygens (including phenoxy) is 2. The Morgan fingerprint density at radius 1 is 1.29 bits per heavy atom. The lowest BCUT2D eigenvalue weighted by Gasteiger charge is -2.13. The topological polar surface area (TPSA) is 60.7 Å². The van der Waals surface area contributed by atoms with Crippen LogP contribution in [0.3, 0.4) is 0 Å². The summed E-state index contributed by atoms with van der Waals surface area (Å²) >= 11 is 6.02. The Labute approximate surface area is 127 Å². The summed E-state index contributed by atoms with van der Waals surface area (Å²) in [6.45, 7) is 0. The van der Waals surface area contributed by atoms with Crippen LogP contribution in [0.15, 0.2) is 34.9 Å². The largest absolute Gasteiger partial charge is 0.495 e. The normalized spacial score (nSPS) is 10.2. The molecule has 2 rings (SSSR count). The molecule has 1 aromatic carbocycles. The molecule has 1 amide bonds. The molecule has 0 unspecified atom stereocenters. The molecule has 0 saturated heterocycles. The number of furan rings is 1. The van der Waals surface area contributed by atoms with Gasteiger partial charge >= 0.3 is 0 Å². The van der Waals surface area contributed by atoms with Gasteiger partial charge in [0.25, 0.3) is 0 Å². The average molecular weight is 310 g/mol. The van der Waals surface area contributed by atoms with E-state index in [4.69, 9.17) is 25.5 Å². The second kappa shape index (κ2) is 7.04. The van der Waals surface area contributed by atoms with Crippen molar-refractivity contribution in [2.24, 2.45) is 0 Å². The number of hydrogen-bond donors (Lipinski definition) is 1. The van der Waals surface area contributed by atoms with E-state index in [2.05, 4.69) is 5.32 Å². The maximum atomic E-state index is 12.0. The van der Waals surface area contributed by atoms with E-state index in [0.717, 1.165) is 5.76 Å². The summed E-state index contributed by atoms with van der Waals surface area (Å²) in [5.41, 5.74) is 0.517. The zero-order valence-corrected chi connectivity index (χ0v) is 12.6. The summed E-state index contributed by atoms with van der Waals surface area (Å²) in [7, 11) is 3.02. The van der Waals surface area contributed by atoms with E-state index in [1.807, 2.05) is 6.07 Å². The predicted molar refractivity (Wildman–Crippen MR) is 80.2 cm³/mol. The second-order valence-electron chi connectivity index (χ2n) is 4.31. The van der Waals surface area contributed by atoms with Crippen molar-refractivity contribution < 1.29 is 18.7 Å². The maximum absolute atomic E-state index is 12.0. The van der Waals surface area contributed by atoms with Crippen LogP contribution in [0.25, 0.3) is 0 Å². The van der Waals surface area contributed by atoms with Crippen molar-refractivity contribution in [2.75, 3.05) is 19.5 Å². The Morgan fingerprint density at radius 3 is 2.67 bits per heavy atom. The number of carbonyl (C=O) groups is 1. The summed E-state index contributed by atoms with van der Waals surface area (Å²) in [4.78, 5) is 12.0. The number of amides is 1. The molecule has 0 aliphatic carbocycles. The molecule has 5 nitrogen and oxygen atoms in total. The van der Waals surface area contributed by atoms with E-state index in [9.17, 15) is 4.79 Å². The molecule has 0 aliphatic heterocycles. The fourth-order valence-electron chi connectivity index (χ4n) is 1.86. The third-order valence-electron chi connectivity index (χ3n) is 2.93. The number of carbonyl (C=O) groups excluding carboxylic acids is 1. The van der Waals surface area contributed by atoms with Crippen LogP contribution in [0.4, 0.5) is 5.69 Å². The third kappa shape index (κ3) is 3.92. The SMILES string of the molecule is COc1cc(NC(=O)CCc2ccco2)c(OC)cc1Cl. The van der Waals surface area contributed by atoms with Crippen LogP contribution in [0.1, 0.15) is 12.2 Å². The molecule has 112 valence electrons. The first-order valence-corrected chi connectivity index (χ1v) is 6.75. The molecular weight excluding hydrogens is 294 g/mol. The number of methoxy groups -OCH3 is 2. The number of nitrogens with one attached hydrogen (secondary N) is 1. The standard InChI is InChI=1S/C15H16ClNO4/c1-19-13-9-12(14(20-2)8-11(13)16)17-15(18)6-5-10-4-3-7-21-10/h3-4,7-9H,5-6H2,1-2H3,(H,17,18). The zero-order chi connectivity index (χ0) is 15.2. The van der Waals surface area contributed by atoms with Gasteiger partial charge in [0.1, 0.15) is 17.3 Å². The van der Waals surface area contributed by atoms with Crippen molar-refractivity contribution in [2.45, 2.75) is 12.8 Å². The van der Waals surface area contributed by atoms with Gasteiger partial charge in [-0.05, 0) is 12.1 Å². The maximum Gasteiger partial charge on any atom is 0.224 e. The predicted octanol–water partition coefficient (Wildman–Crippen LogP) is 3.52. The molecule has 0 spiro atoms. The molecule has 0 aliphatic rings. The van der Waals surface area contributed by atoms with E-state index in [1.165, 1.54) is 14.2 Å². The molecule has 2 aromatic rings. The number of rotatable bonds is 6. The monoisotopic (exact) mass is 309 g/mol. The fraction of sp³-hybridized carbons (Fsp3) is 0.267. The number of halogens is 1. The molecule has 1 heterocycles. The van der Waals surface area contributed by atoms with Gasteiger partial charge in [-0.3, -0.25) is 4.79 Å². The first kappa shape index (κ1) is 15.3. The van der Waals surface area contributed by atoms with Gasteiger partial charge in [-0.15, -0.1) is 0 Å². The van der Waals surface area contributed by atoms with E-state index < -0.39 is 0 Å². The first-order chi connectivity index (χ1) is 10.1. The fourth-order valence-corrected chi connectivity index (χ4v) is 2.09. The smallest absolute Gasteiger partial charge is 0.224 e. The first-order valence-electron chi connectivity index (χ1n) is 6.37. The van der Waals surface area contributed by atoms with E-state index in [0.29, 0.717) is 35.1 Å². The van der Waals surface area contributed by atoms with Crippen molar-refractivity contribution in [3.63, 3.8) is 0 Å². The molecule has 0 saturated carbocycles. The van der Waals surface area contributed by atoms with Gasteiger partial charge < -0.3 is 19.2 Å². The molecule has 21 heavy (non-hydrogen) atoms. The number of hydrogen-bond acceptors (Lipinski definition) is 4. The van der Waals surface area contributed by atoms with Crippen molar-refractivity contribution >= 4 is 23.2 Å². The van der Waals surface area contributed by atoms with Crippen LogP contribution in [-0.4, -0.2) is 20.1 Å². The van der Waals surface area contributed by atoms with Gasteiger partial charge in [-0.1, -0.05) is 11.6 Å². The quantitative estimate of drug-likeness (QED) is 0.887. The Kier molecular flexibility index (Phi) is 5.11. The number of aryl methyl sites for hydroxylation is 1. The second-order valence-corrected chi connectivity index (χ2v) is 4.72. The molecule has 0 atom stereocenters. The summed E-state index contributed by atoms with van der Waals surface area (Å²) in [5.74, 6) is 1.57. The lowest BCUT2D eigenvalue weighted by Crippen LogP contribution is -2.13. The number of anilines is 1. The minimum atomic E-state index is -0.144. The summed E-state index contributed by atoms with van der Waals surface area (Å²) in [6.07, 6.45) is 2.42. The van der Waals surface area contributed by atoms with Crippen LogP contribution in [0.5, 0.6) is 11.5 Å². The average Bonchev–Trinajstić information content (AvgIpc) is 2.99. The van der Waals surface area contributed by atoms with Crippen LogP contribution in [-0.2, 0) is 11.2 Å². The summed E-state index contributed by atoms with van der Waals surface area (Å²) in [6, 6.07) is 6.86. The van der Waals surface area contributed by atoms with Crippen LogP contribution in [0, 0.1) is 0 Å². The van der Waals surface area contributed by atoms with Crippen molar-refractivity contribution in [3.8, 4) is 11.5 Å². The van der Waals surface area contributed by atoms with Gasteiger partial charge in [0.2, 0.25) is 5.91 Å². The van der Waals surface area contributed by atoms with Crippen molar-refractivity contribution in [1.29, 1.82) is 0 Å². The minimum Gasteiger partial charge on any atom is -0.495 e. The third-order valence-corrected chi connectivity index (χ3v) is 3.22. The molecule has 0 fully saturated rings. The Balaban J connectivity index is 2.05. The highest BCUT2D eigenvalue weighted by atomic mass is 35.5. The van der Waals surface area contributed by atoms with Gasteiger partial charge in [0.05, 0.1) is 31.2 Å². The minimum absolute atomic E-state index is 0.144. The van der Waals surface area contributed by atoms with E-state index in [-0.39, 0.29) is 5.91 Å². The Morgan fingerprint density at radius 2 is 2.05 bits per heavy atom. The highest BCUT2D eigenvalue weighted by Crippen LogP contribution is 2.35. The lowest BCUT2D eigenvalue weighted by molar-refractivity contribution is -0.116. The Hall–Kier alpha value is -2.14. The molecular formula is C15H16ClNO4. The molecule has 6 heteroatoms. The highest BCUT2D eigenvalue weighted by molar-refractivity contribution is 6.32. The van der Waals surface area contributed by atoms with Crippen LogP contribution < -0.4 is 14.8 Å². The summed E-state index contributed by atoms with van der Waals surface area (Å²) in [5, 5.41) is 3.20. The molecule has 0 radical (unpaired) electrons. The highest BCUT2D eigenvalue weighted by Gasteiger charge is 2.13. The van der Waals surface area contributed by atoms with E-state index >= 15 is 0 Å². The van der Waals surface area contributed by atoms with Gasteiger partial charge in [0.15, 0.2) is 0 Å². The molecule has 0 bridgehead atoms. The Bertz CT molecular complexity index is 610. The van der Waals surface area contributed by atoms with Crippen LogP contribution in [0.2, 0.25) is 5.02 Å². The zero-order valence-electron chi connectivity index (χ0n) is 11.8. The van der Waals surface area contributed by atoms with Gasteiger partial charge in [-0.25, -0.2) is 0 Å². The van der Waals surface area contributed by atoms with Gasteiger partial charge in [-0.2, -0.15) is 0 Å². The molecule has 1 aromatic heterocycles. The van der Waals surface area contributed by atoms with E-state index in [1.54, 1.807) is 24.5 Å². The van der Waals surface area contributed by atoms with Gasteiger partial charge in [0, 0.05) is 25.0 Å².